The Kier molecular flexibility index (Phi) is 6.44. The summed E-state index contributed by atoms with van der Waals surface area (Å²) in [5.74, 6) is 0.784. The van der Waals surface area contributed by atoms with Gasteiger partial charge < -0.3 is 10.2 Å². The normalized spacial score (nSPS) is 23.8. The van der Waals surface area contributed by atoms with E-state index in [2.05, 4.69) is 10.3 Å². The SMILES string of the molecule is Cc1ccc(C(=O)N2CCC3NCCC3C2)c(C)n1.Cl.Cl. The second-order valence-corrected chi connectivity index (χ2v) is 5.73. The van der Waals surface area contributed by atoms with Crippen molar-refractivity contribution >= 4 is 30.7 Å². The van der Waals surface area contributed by atoms with Gasteiger partial charge in [-0.15, -0.1) is 24.8 Å². The van der Waals surface area contributed by atoms with Gasteiger partial charge in [-0.1, -0.05) is 0 Å². The van der Waals surface area contributed by atoms with Crippen molar-refractivity contribution in [3.63, 3.8) is 0 Å². The summed E-state index contributed by atoms with van der Waals surface area (Å²) in [4.78, 5) is 19.0. The lowest BCUT2D eigenvalue weighted by molar-refractivity contribution is 0.0661. The van der Waals surface area contributed by atoms with E-state index in [1.165, 1.54) is 6.42 Å². The number of aromatic nitrogens is 1. The Morgan fingerprint density at radius 3 is 2.76 bits per heavy atom. The number of halogens is 2. The van der Waals surface area contributed by atoms with Crippen LogP contribution in [0.5, 0.6) is 0 Å². The standard InChI is InChI=1S/C15H21N3O.2ClH/c1-10-3-4-13(11(2)17-10)15(19)18-8-6-14-12(9-18)5-7-16-14;;/h3-4,12,14,16H,5-9H2,1-2H3;2*1H. The third-order valence-electron chi connectivity index (χ3n) is 4.40. The first kappa shape index (κ1) is 18.2. The highest BCUT2D eigenvalue weighted by Crippen LogP contribution is 2.25. The summed E-state index contributed by atoms with van der Waals surface area (Å²) in [5, 5.41) is 3.53. The van der Waals surface area contributed by atoms with Crippen LogP contribution in [0.2, 0.25) is 0 Å². The van der Waals surface area contributed by atoms with Crippen molar-refractivity contribution in [2.75, 3.05) is 19.6 Å². The molecule has 4 nitrogen and oxygen atoms in total. The fourth-order valence-corrected chi connectivity index (χ4v) is 3.31. The average molecular weight is 332 g/mol. The Morgan fingerprint density at radius 1 is 1.29 bits per heavy atom. The number of hydrogen-bond donors (Lipinski definition) is 1. The fraction of sp³-hybridized carbons (Fsp3) is 0.600. The lowest BCUT2D eigenvalue weighted by atomic mass is 9.93. The molecule has 3 rings (SSSR count). The van der Waals surface area contributed by atoms with Gasteiger partial charge in [0.05, 0.1) is 11.3 Å². The average Bonchev–Trinajstić information content (AvgIpc) is 2.85. The minimum absolute atomic E-state index is 0. The first-order valence-electron chi connectivity index (χ1n) is 7.12. The van der Waals surface area contributed by atoms with Gasteiger partial charge in [-0.25, -0.2) is 0 Å². The molecule has 2 saturated heterocycles. The van der Waals surface area contributed by atoms with Crippen molar-refractivity contribution in [1.82, 2.24) is 15.2 Å². The zero-order chi connectivity index (χ0) is 13.4. The van der Waals surface area contributed by atoms with Crippen LogP contribution in [0.1, 0.15) is 34.6 Å². The summed E-state index contributed by atoms with van der Waals surface area (Å²) < 4.78 is 0. The molecule has 6 heteroatoms. The van der Waals surface area contributed by atoms with Crippen LogP contribution >= 0.6 is 24.8 Å². The lowest BCUT2D eigenvalue weighted by Crippen LogP contribution is -2.47. The van der Waals surface area contributed by atoms with Gasteiger partial charge >= 0.3 is 0 Å². The topological polar surface area (TPSA) is 45.2 Å². The molecule has 1 N–H and O–H groups in total. The number of fused-ring (bicyclic) bond motifs is 1. The molecule has 0 aromatic carbocycles. The van der Waals surface area contributed by atoms with Crippen molar-refractivity contribution in [2.24, 2.45) is 5.92 Å². The van der Waals surface area contributed by atoms with Crippen LogP contribution in [0.3, 0.4) is 0 Å². The van der Waals surface area contributed by atoms with E-state index in [9.17, 15) is 4.79 Å². The second kappa shape index (κ2) is 7.43. The monoisotopic (exact) mass is 331 g/mol. The van der Waals surface area contributed by atoms with Gasteiger partial charge in [0.25, 0.3) is 5.91 Å². The number of likely N-dealkylation sites (tertiary alicyclic amines) is 1. The molecule has 0 saturated carbocycles. The van der Waals surface area contributed by atoms with Gasteiger partial charge in [0.15, 0.2) is 0 Å². The van der Waals surface area contributed by atoms with Gasteiger partial charge in [-0.2, -0.15) is 0 Å². The third-order valence-corrected chi connectivity index (χ3v) is 4.40. The molecule has 118 valence electrons. The van der Waals surface area contributed by atoms with E-state index >= 15 is 0 Å². The van der Waals surface area contributed by atoms with Gasteiger partial charge in [0.2, 0.25) is 0 Å². The predicted molar refractivity (Wildman–Crippen MR) is 88.6 cm³/mol. The number of piperidine rings is 1. The van der Waals surface area contributed by atoms with Crippen molar-refractivity contribution in [3.8, 4) is 0 Å². The van der Waals surface area contributed by atoms with E-state index in [1.54, 1.807) is 0 Å². The number of hydrogen-bond acceptors (Lipinski definition) is 3. The van der Waals surface area contributed by atoms with Crippen molar-refractivity contribution < 1.29 is 4.79 Å². The largest absolute Gasteiger partial charge is 0.338 e. The van der Waals surface area contributed by atoms with Crippen LogP contribution in [0.4, 0.5) is 0 Å². The van der Waals surface area contributed by atoms with Crippen LogP contribution < -0.4 is 5.32 Å². The first-order valence-corrected chi connectivity index (χ1v) is 7.12. The number of carbonyl (C=O) groups excluding carboxylic acids is 1. The van der Waals surface area contributed by atoms with Gasteiger partial charge in [0.1, 0.15) is 0 Å². The summed E-state index contributed by atoms with van der Waals surface area (Å²) in [5.41, 5.74) is 2.57. The Labute approximate surface area is 138 Å². The van der Waals surface area contributed by atoms with E-state index in [4.69, 9.17) is 0 Å². The summed E-state index contributed by atoms with van der Waals surface area (Å²) in [6, 6.07) is 4.46. The minimum Gasteiger partial charge on any atom is -0.338 e. The molecule has 0 radical (unpaired) electrons. The molecule has 2 aliphatic rings. The zero-order valence-electron chi connectivity index (χ0n) is 12.5. The highest BCUT2D eigenvalue weighted by Gasteiger charge is 2.34. The zero-order valence-corrected chi connectivity index (χ0v) is 14.1. The highest BCUT2D eigenvalue weighted by molar-refractivity contribution is 5.95. The number of nitrogens with one attached hydrogen (secondary N) is 1. The van der Waals surface area contributed by atoms with Gasteiger partial charge in [0, 0.05) is 24.8 Å². The molecule has 2 aliphatic heterocycles. The molecular formula is C15H23Cl2N3O. The Balaban J connectivity index is 0.00000110. The molecule has 1 amide bonds. The Morgan fingerprint density at radius 2 is 2.05 bits per heavy atom. The van der Waals surface area contributed by atoms with Crippen LogP contribution in [0.15, 0.2) is 12.1 Å². The van der Waals surface area contributed by atoms with E-state index in [1.807, 2.05) is 30.9 Å². The molecule has 0 bridgehead atoms. The molecular weight excluding hydrogens is 309 g/mol. The maximum atomic E-state index is 12.6. The summed E-state index contributed by atoms with van der Waals surface area (Å²) in [6.07, 6.45) is 2.27. The molecule has 2 atom stereocenters. The van der Waals surface area contributed by atoms with E-state index in [0.29, 0.717) is 12.0 Å². The number of nitrogens with zero attached hydrogens (tertiary/aromatic N) is 2. The molecule has 21 heavy (non-hydrogen) atoms. The first-order chi connectivity index (χ1) is 9.15. The number of amides is 1. The number of aryl methyl sites for hydroxylation is 2. The summed E-state index contributed by atoms with van der Waals surface area (Å²) >= 11 is 0. The van der Waals surface area contributed by atoms with Crippen molar-refractivity contribution in [3.05, 3.63) is 29.1 Å². The third kappa shape index (κ3) is 3.68. The maximum absolute atomic E-state index is 12.6. The Bertz CT molecular complexity index is 510. The maximum Gasteiger partial charge on any atom is 0.255 e. The van der Waals surface area contributed by atoms with Crippen molar-refractivity contribution in [2.45, 2.75) is 32.7 Å². The predicted octanol–water partition coefficient (Wildman–Crippen LogP) is 2.37. The minimum atomic E-state index is 0. The summed E-state index contributed by atoms with van der Waals surface area (Å²) in [7, 11) is 0. The van der Waals surface area contributed by atoms with Gasteiger partial charge in [-0.05, 0) is 51.3 Å². The van der Waals surface area contributed by atoms with Crippen LogP contribution in [-0.2, 0) is 0 Å². The van der Waals surface area contributed by atoms with Gasteiger partial charge in [-0.3, -0.25) is 9.78 Å². The summed E-state index contributed by atoms with van der Waals surface area (Å²) in [6.45, 7) is 6.73. The van der Waals surface area contributed by atoms with E-state index < -0.39 is 0 Å². The van der Waals surface area contributed by atoms with Crippen LogP contribution in [0.25, 0.3) is 0 Å². The second-order valence-electron chi connectivity index (χ2n) is 5.73. The van der Waals surface area contributed by atoms with E-state index in [0.717, 1.165) is 43.0 Å². The molecule has 1 aromatic rings. The molecule has 2 fully saturated rings. The van der Waals surface area contributed by atoms with Crippen molar-refractivity contribution in [1.29, 1.82) is 0 Å². The van der Waals surface area contributed by atoms with E-state index in [-0.39, 0.29) is 30.7 Å². The highest BCUT2D eigenvalue weighted by atomic mass is 35.5. The number of pyridine rings is 1. The Hall–Kier alpha value is -0.840. The quantitative estimate of drug-likeness (QED) is 0.859. The smallest absolute Gasteiger partial charge is 0.255 e. The van der Waals surface area contributed by atoms with Crippen LogP contribution in [0, 0.1) is 19.8 Å². The molecule has 3 heterocycles. The molecule has 0 aliphatic carbocycles. The van der Waals surface area contributed by atoms with Crippen LogP contribution in [-0.4, -0.2) is 41.5 Å². The molecule has 0 spiro atoms. The number of carbonyl (C=O) groups is 1. The molecule has 1 aromatic heterocycles. The molecule has 2 unspecified atom stereocenters. The number of rotatable bonds is 1. The lowest BCUT2D eigenvalue weighted by Gasteiger charge is -2.35. The fourth-order valence-electron chi connectivity index (χ4n) is 3.31.